The summed E-state index contributed by atoms with van der Waals surface area (Å²) >= 11 is 0. The maximum atomic E-state index is 6.26. The Kier molecular flexibility index (Phi) is 4.13. The van der Waals surface area contributed by atoms with Gasteiger partial charge in [-0.3, -0.25) is 4.90 Å². The van der Waals surface area contributed by atoms with Gasteiger partial charge in [-0.05, 0) is 50.9 Å². The van der Waals surface area contributed by atoms with Gasteiger partial charge in [0, 0.05) is 31.7 Å². The van der Waals surface area contributed by atoms with Crippen LogP contribution in [0.25, 0.3) is 0 Å². The van der Waals surface area contributed by atoms with E-state index in [9.17, 15) is 0 Å². The van der Waals surface area contributed by atoms with Gasteiger partial charge in [0.2, 0.25) is 0 Å². The van der Waals surface area contributed by atoms with Crippen molar-refractivity contribution >= 4 is 0 Å². The fraction of sp³-hybridized carbons (Fsp3) is 1.00. The highest BCUT2D eigenvalue weighted by Gasteiger charge is 2.43. The first-order chi connectivity index (χ1) is 9.74. The topological polar surface area (TPSA) is 24.5 Å². The number of piperazine rings is 1. The molecule has 3 heteroatoms. The van der Waals surface area contributed by atoms with Crippen LogP contribution in [0.1, 0.15) is 60.3 Å². The van der Waals surface area contributed by atoms with Crippen molar-refractivity contribution in [3.05, 3.63) is 0 Å². The second kappa shape index (κ2) is 5.50. The maximum Gasteiger partial charge on any atom is 0.0710 e. The van der Waals surface area contributed by atoms with E-state index in [4.69, 9.17) is 4.74 Å². The molecule has 2 saturated heterocycles. The molecule has 0 aromatic rings. The van der Waals surface area contributed by atoms with Gasteiger partial charge in [-0.25, -0.2) is 0 Å². The highest BCUT2D eigenvalue weighted by atomic mass is 16.5. The lowest BCUT2D eigenvalue weighted by atomic mass is 9.84. The van der Waals surface area contributed by atoms with E-state index < -0.39 is 0 Å². The predicted octanol–water partition coefficient (Wildman–Crippen LogP) is 3.04. The Hall–Kier alpha value is -0.120. The quantitative estimate of drug-likeness (QED) is 0.866. The third-order valence-electron chi connectivity index (χ3n) is 5.66. The average Bonchev–Trinajstić information content (AvgIpc) is 3.14. The summed E-state index contributed by atoms with van der Waals surface area (Å²) in [5, 5.41) is 3.82. The number of ether oxygens (including phenoxy) is 1. The van der Waals surface area contributed by atoms with Gasteiger partial charge in [-0.2, -0.15) is 0 Å². The lowest BCUT2D eigenvalue weighted by Gasteiger charge is -2.46. The maximum absolute atomic E-state index is 6.26. The summed E-state index contributed by atoms with van der Waals surface area (Å²) < 4.78 is 6.26. The SMILES string of the molecule is CC1(C)CCC(CN2CC(C(C)(C)C)NCC2C2CC2)O1. The highest BCUT2D eigenvalue weighted by Crippen LogP contribution is 2.38. The second-order valence-electron chi connectivity index (χ2n) is 9.22. The van der Waals surface area contributed by atoms with Crippen LogP contribution in [-0.2, 0) is 4.74 Å². The van der Waals surface area contributed by atoms with Crippen LogP contribution in [-0.4, -0.2) is 48.3 Å². The molecule has 2 heterocycles. The van der Waals surface area contributed by atoms with Crippen molar-refractivity contribution in [3.63, 3.8) is 0 Å². The first kappa shape index (κ1) is 15.8. The van der Waals surface area contributed by atoms with Gasteiger partial charge in [0.25, 0.3) is 0 Å². The molecule has 0 bridgehead atoms. The van der Waals surface area contributed by atoms with Crippen LogP contribution in [0.3, 0.4) is 0 Å². The van der Waals surface area contributed by atoms with E-state index >= 15 is 0 Å². The van der Waals surface area contributed by atoms with E-state index in [1.165, 1.54) is 38.8 Å². The fourth-order valence-electron chi connectivity index (χ4n) is 4.03. The Morgan fingerprint density at radius 2 is 1.90 bits per heavy atom. The van der Waals surface area contributed by atoms with Gasteiger partial charge in [-0.1, -0.05) is 20.8 Å². The molecule has 3 aliphatic rings. The molecule has 0 amide bonds. The summed E-state index contributed by atoms with van der Waals surface area (Å²) in [6.45, 7) is 15.0. The van der Waals surface area contributed by atoms with Crippen LogP contribution in [0.5, 0.6) is 0 Å². The molecule has 1 saturated carbocycles. The number of hydrogen-bond donors (Lipinski definition) is 1. The molecule has 122 valence electrons. The Labute approximate surface area is 130 Å². The van der Waals surface area contributed by atoms with Crippen molar-refractivity contribution in [1.82, 2.24) is 10.2 Å². The molecule has 0 aromatic carbocycles. The Morgan fingerprint density at radius 3 is 2.43 bits per heavy atom. The van der Waals surface area contributed by atoms with Crippen LogP contribution in [0.2, 0.25) is 0 Å². The molecule has 3 nitrogen and oxygen atoms in total. The highest BCUT2D eigenvalue weighted by molar-refractivity contribution is 4.99. The lowest BCUT2D eigenvalue weighted by Crippen LogP contribution is -2.62. The summed E-state index contributed by atoms with van der Waals surface area (Å²) in [5.74, 6) is 0.938. The smallest absolute Gasteiger partial charge is 0.0710 e. The standard InChI is InChI=1S/C18H34N2O/c1-17(2,3)16-12-20(15(10-19-16)13-6-7-13)11-14-8-9-18(4,5)21-14/h13-16,19H,6-12H2,1-5H3. The summed E-state index contributed by atoms with van der Waals surface area (Å²) in [6.07, 6.45) is 5.75. The Balaban J connectivity index is 1.63. The minimum atomic E-state index is 0.0945. The third-order valence-corrected chi connectivity index (χ3v) is 5.66. The van der Waals surface area contributed by atoms with Crippen molar-refractivity contribution < 1.29 is 4.74 Å². The van der Waals surface area contributed by atoms with Crippen LogP contribution in [0, 0.1) is 11.3 Å². The Bertz CT molecular complexity index is 370. The van der Waals surface area contributed by atoms with Crippen molar-refractivity contribution in [1.29, 1.82) is 0 Å². The van der Waals surface area contributed by atoms with E-state index in [0.717, 1.165) is 18.5 Å². The number of nitrogens with zero attached hydrogens (tertiary/aromatic N) is 1. The molecule has 2 aliphatic heterocycles. The fourth-order valence-corrected chi connectivity index (χ4v) is 4.03. The van der Waals surface area contributed by atoms with E-state index in [-0.39, 0.29) is 5.60 Å². The first-order valence-electron chi connectivity index (χ1n) is 8.90. The number of rotatable bonds is 3. The molecule has 3 unspecified atom stereocenters. The van der Waals surface area contributed by atoms with Crippen LogP contribution in [0.15, 0.2) is 0 Å². The normalized spacial score (nSPS) is 37.9. The van der Waals surface area contributed by atoms with Crippen LogP contribution < -0.4 is 5.32 Å². The van der Waals surface area contributed by atoms with Gasteiger partial charge in [0.05, 0.1) is 11.7 Å². The average molecular weight is 294 g/mol. The van der Waals surface area contributed by atoms with E-state index in [2.05, 4.69) is 44.8 Å². The molecule has 1 N–H and O–H groups in total. The lowest BCUT2D eigenvalue weighted by molar-refractivity contribution is -0.0437. The van der Waals surface area contributed by atoms with Crippen molar-refractivity contribution in [2.45, 2.75) is 84.1 Å². The molecule has 0 radical (unpaired) electrons. The Morgan fingerprint density at radius 1 is 1.19 bits per heavy atom. The molecule has 1 aliphatic carbocycles. The third kappa shape index (κ3) is 3.80. The number of hydrogen-bond acceptors (Lipinski definition) is 3. The molecular weight excluding hydrogens is 260 g/mol. The zero-order valence-electron chi connectivity index (χ0n) is 14.6. The summed E-state index contributed by atoms with van der Waals surface area (Å²) in [4.78, 5) is 2.76. The summed E-state index contributed by atoms with van der Waals surface area (Å²) in [7, 11) is 0. The molecule has 0 spiro atoms. The summed E-state index contributed by atoms with van der Waals surface area (Å²) in [6, 6.07) is 1.35. The van der Waals surface area contributed by atoms with Gasteiger partial charge >= 0.3 is 0 Å². The summed E-state index contributed by atoms with van der Waals surface area (Å²) in [5.41, 5.74) is 0.430. The molecule has 21 heavy (non-hydrogen) atoms. The van der Waals surface area contributed by atoms with Crippen molar-refractivity contribution in [2.75, 3.05) is 19.6 Å². The zero-order chi connectivity index (χ0) is 15.3. The van der Waals surface area contributed by atoms with Crippen molar-refractivity contribution in [3.8, 4) is 0 Å². The molecule has 3 atom stereocenters. The van der Waals surface area contributed by atoms with Gasteiger partial charge in [0.1, 0.15) is 0 Å². The number of nitrogens with one attached hydrogen (secondary N) is 1. The molecular formula is C18H34N2O. The largest absolute Gasteiger partial charge is 0.371 e. The first-order valence-corrected chi connectivity index (χ1v) is 8.90. The molecule has 0 aromatic heterocycles. The monoisotopic (exact) mass is 294 g/mol. The predicted molar refractivity (Wildman–Crippen MR) is 87.5 cm³/mol. The minimum Gasteiger partial charge on any atom is -0.371 e. The van der Waals surface area contributed by atoms with E-state index in [1.807, 2.05) is 0 Å². The van der Waals surface area contributed by atoms with E-state index in [0.29, 0.717) is 17.6 Å². The molecule has 3 fully saturated rings. The second-order valence-corrected chi connectivity index (χ2v) is 9.22. The van der Waals surface area contributed by atoms with Crippen LogP contribution in [0.4, 0.5) is 0 Å². The zero-order valence-corrected chi connectivity index (χ0v) is 14.6. The van der Waals surface area contributed by atoms with Crippen molar-refractivity contribution in [2.24, 2.45) is 11.3 Å². The van der Waals surface area contributed by atoms with Crippen LogP contribution >= 0.6 is 0 Å². The van der Waals surface area contributed by atoms with Gasteiger partial charge in [-0.15, -0.1) is 0 Å². The van der Waals surface area contributed by atoms with Gasteiger partial charge in [0.15, 0.2) is 0 Å². The van der Waals surface area contributed by atoms with Gasteiger partial charge < -0.3 is 10.1 Å². The minimum absolute atomic E-state index is 0.0945. The molecule has 3 rings (SSSR count). The van der Waals surface area contributed by atoms with E-state index in [1.54, 1.807) is 0 Å².